The molecule has 0 bridgehead atoms. The zero-order chi connectivity index (χ0) is 21.4. The van der Waals surface area contributed by atoms with Gasteiger partial charge in [-0.15, -0.1) is 0 Å². The lowest BCUT2D eigenvalue weighted by molar-refractivity contribution is -0.231. The topological polar surface area (TPSA) is 54.4 Å². The largest absolute Gasteiger partial charge is 0.393 e. The van der Waals surface area contributed by atoms with Crippen LogP contribution < -0.4 is 0 Å². The molecule has 8 atom stereocenters. The summed E-state index contributed by atoms with van der Waals surface area (Å²) in [6, 6.07) is 0. The van der Waals surface area contributed by atoms with E-state index in [4.69, 9.17) is 0 Å². The Morgan fingerprint density at radius 2 is 1.69 bits per heavy atom. The van der Waals surface area contributed by atoms with Crippen molar-refractivity contribution >= 4 is 12.1 Å². The lowest BCUT2D eigenvalue weighted by Gasteiger charge is -2.70. The van der Waals surface area contributed by atoms with E-state index in [-0.39, 0.29) is 22.5 Å². The molecular weight excluding hydrogens is 360 g/mol. The summed E-state index contributed by atoms with van der Waals surface area (Å²) in [6.45, 7) is 13.5. The lowest BCUT2D eigenvalue weighted by atomic mass is 9.34. The number of hydrogen-bond donors (Lipinski definition) is 1. The normalized spacial score (nSPS) is 51.1. The van der Waals surface area contributed by atoms with E-state index in [1.165, 1.54) is 32.1 Å². The van der Waals surface area contributed by atoms with Crippen LogP contribution in [0.1, 0.15) is 86.5 Å². The Labute approximate surface area is 176 Å². The van der Waals surface area contributed by atoms with Crippen molar-refractivity contribution in [2.45, 2.75) is 92.6 Å². The fraction of sp³-hybridized carbons (Fsp3) is 0.846. The standard InChI is InChI=1S/C26H40O3/c1-16(28)17-8-9-20-25(5)13-10-19-23(2,3)11-7-12-24(19,4)21(25)14-22(29)26(20,6)18(17)15-27/h8,15,18-22,29H,7,9-14H2,1-6H3. The monoisotopic (exact) mass is 400 g/mol. The summed E-state index contributed by atoms with van der Waals surface area (Å²) in [5.74, 6) is 0.906. The number of aliphatic hydroxyl groups excluding tert-OH is 1. The van der Waals surface area contributed by atoms with Crippen molar-refractivity contribution in [3.63, 3.8) is 0 Å². The van der Waals surface area contributed by atoms with Crippen LogP contribution in [0.4, 0.5) is 0 Å². The molecule has 4 aliphatic rings. The molecule has 4 rings (SSSR count). The highest BCUT2D eigenvalue weighted by molar-refractivity contribution is 5.97. The predicted octanol–water partition coefficient (Wildman–Crippen LogP) is 5.36. The van der Waals surface area contributed by atoms with Gasteiger partial charge >= 0.3 is 0 Å². The SMILES string of the molecule is CC(=O)C1=CCC2C3(C)CCC4C(C)(C)CCCC4(C)C3CC(O)C2(C)C1C=O. The van der Waals surface area contributed by atoms with Crippen molar-refractivity contribution in [1.29, 1.82) is 0 Å². The molecule has 3 fully saturated rings. The fourth-order valence-corrected chi connectivity index (χ4v) is 9.30. The zero-order valence-electron chi connectivity index (χ0n) is 19.3. The molecule has 4 aliphatic carbocycles. The number of Topliss-reactive ketones (excluding diaryl/α,β-unsaturated/α-hetero) is 1. The highest BCUT2D eigenvalue weighted by atomic mass is 16.3. The van der Waals surface area contributed by atoms with Crippen LogP contribution in [0, 0.1) is 45.3 Å². The fourth-order valence-electron chi connectivity index (χ4n) is 9.30. The van der Waals surface area contributed by atoms with E-state index in [0.717, 1.165) is 19.1 Å². The highest BCUT2D eigenvalue weighted by Gasteiger charge is 2.68. The first-order chi connectivity index (χ1) is 13.4. The second kappa shape index (κ2) is 6.52. The molecule has 1 N–H and O–H groups in total. The zero-order valence-corrected chi connectivity index (χ0v) is 19.3. The van der Waals surface area contributed by atoms with Crippen LogP contribution in [-0.2, 0) is 9.59 Å². The van der Waals surface area contributed by atoms with Gasteiger partial charge in [-0.2, -0.15) is 0 Å². The number of rotatable bonds is 2. The molecule has 0 aromatic carbocycles. The summed E-state index contributed by atoms with van der Waals surface area (Å²) in [4.78, 5) is 24.5. The number of aldehydes is 1. The Balaban J connectivity index is 1.81. The molecule has 0 spiro atoms. The maximum atomic E-state index is 12.3. The van der Waals surface area contributed by atoms with Crippen molar-refractivity contribution in [1.82, 2.24) is 0 Å². The molecule has 0 saturated heterocycles. The Kier molecular flexibility index (Phi) is 4.78. The minimum atomic E-state index is -0.546. The Morgan fingerprint density at radius 3 is 2.31 bits per heavy atom. The maximum Gasteiger partial charge on any atom is 0.156 e. The first-order valence-electron chi connectivity index (χ1n) is 11.8. The summed E-state index contributed by atoms with van der Waals surface area (Å²) in [5, 5.41) is 11.6. The first kappa shape index (κ1) is 21.3. The van der Waals surface area contributed by atoms with Crippen molar-refractivity contribution in [2.75, 3.05) is 0 Å². The minimum absolute atomic E-state index is 0.0223. The summed E-state index contributed by atoms with van der Waals surface area (Å²) in [6.07, 6.45) is 10.3. The molecule has 0 aromatic heterocycles. The first-order valence-corrected chi connectivity index (χ1v) is 11.8. The summed E-state index contributed by atoms with van der Waals surface area (Å²) >= 11 is 0. The molecule has 0 heterocycles. The Hall–Kier alpha value is -0.960. The van der Waals surface area contributed by atoms with E-state index in [1.807, 2.05) is 6.08 Å². The smallest absolute Gasteiger partial charge is 0.156 e. The van der Waals surface area contributed by atoms with Crippen LogP contribution in [0.3, 0.4) is 0 Å². The van der Waals surface area contributed by atoms with Gasteiger partial charge in [0.15, 0.2) is 5.78 Å². The molecule has 3 saturated carbocycles. The van der Waals surface area contributed by atoms with Gasteiger partial charge in [-0.3, -0.25) is 4.79 Å². The number of carbonyl (C=O) groups excluding carboxylic acids is 2. The molecule has 3 heteroatoms. The van der Waals surface area contributed by atoms with Crippen molar-refractivity contribution in [2.24, 2.45) is 45.3 Å². The Bertz CT molecular complexity index is 751. The number of fused-ring (bicyclic) bond motifs is 5. The van der Waals surface area contributed by atoms with E-state index < -0.39 is 17.4 Å². The molecular formula is C26H40O3. The van der Waals surface area contributed by atoms with Gasteiger partial charge in [-0.25, -0.2) is 0 Å². The van der Waals surface area contributed by atoms with Gasteiger partial charge in [0, 0.05) is 11.0 Å². The van der Waals surface area contributed by atoms with E-state index in [0.29, 0.717) is 22.8 Å². The highest BCUT2D eigenvalue weighted by Crippen LogP contribution is 2.72. The van der Waals surface area contributed by atoms with Crippen LogP contribution in [0.2, 0.25) is 0 Å². The van der Waals surface area contributed by atoms with Gasteiger partial charge in [-0.1, -0.05) is 47.1 Å². The summed E-state index contributed by atoms with van der Waals surface area (Å²) in [7, 11) is 0. The molecule has 0 aromatic rings. The summed E-state index contributed by atoms with van der Waals surface area (Å²) < 4.78 is 0. The van der Waals surface area contributed by atoms with Crippen LogP contribution in [-0.4, -0.2) is 23.3 Å². The number of hydrogen-bond acceptors (Lipinski definition) is 3. The van der Waals surface area contributed by atoms with Crippen LogP contribution >= 0.6 is 0 Å². The lowest BCUT2D eigenvalue weighted by Crippen LogP contribution is -2.66. The van der Waals surface area contributed by atoms with E-state index in [2.05, 4.69) is 34.6 Å². The predicted molar refractivity (Wildman–Crippen MR) is 115 cm³/mol. The molecule has 0 amide bonds. The van der Waals surface area contributed by atoms with Crippen LogP contribution in [0.15, 0.2) is 11.6 Å². The third kappa shape index (κ3) is 2.65. The summed E-state index contributed by atoms with van der Waals surface area (Å²) in [5.41, 5.74) is 0.791. The van der Waals surface area contributed by atoms with Gasteiger partial charge in [0.1, 0.15) is 6.29 Å². The van der Waals surface area contributed by atoms with Crippen molar-refractivity contribution < 1.29 is 14.7 Å². The van der Waals surface area contributed by atoms with E-state index in [1.54, 1.807) is 6.92 Å². The van der Waals surface area contributed by atoms with Gasteiger partial charge in [0.2, 0.25) is 0 Å². The van der Waals surface area contributed by atoms with Gasteiger partial charge in [0.25, 0.3) is 0 Å². The van der Waals surface area contributed by atoms with Crippen molar-refractivity contribution in [3.05, 3.63) is 11.6 Å². The second-order valence-corrected chi connectivity index (χ2v) is 12.2. The quantitative estimate of drug-likeness (QED) is 0.635. The Morgan fingerprint density at radius 1 is 1.03 bits per heavy atom. The molecule has 29 heavy (non-hydrogen) atoms. The number of allylic oxidation sites excluding steroid dienone is 2. The second-order valence-electron chi connectivity index (χ2n) is 12.2. The molecule has 0 aliphatic heterocycles. The van der Waals surface area contributed by atoms with Gasteiger partial charge < -0.3 is 9.90 Å². The number of carbonyl (C=O) groups is 2. The van der Waals surface area contributed by atoms with Crippen LogP contribution in [0.5, 0.6) is 0 Å². The molecule has 162 valence electrons. The molecule has 8 unspecified atom stereocenters. The third-order valence-electron chi connectivity index (χ3n) is 10.7. The maximum absolute atomic E-state index is 12.3. The van der Waals surface area contributed by atoms with E-state index >= 15 is 0 Å². The number of aliphatic hydroxyl groups is 1. The third-order valence-corrected chi connectivity index (χ3v) is 10.7. The minimum Gasteiger partial charge on any atom is -0.393 e. The van der Waals surface area contributed by atoms with Crippen LogP contribution in [0.25, 0.3) is 0 Å². The van der Waals surface area contributed by atoms with E-state index in [9.17, 15) is 14.7 Å². The van der Waals surface area contributed by atoms with Gasteiger partial charge in [-0.05, 0) is 79.4 Å². The average Bonchev–Trinajstić information content (AvgIpc) is 2.62. The van der Waals surface area contributed by atoms with Gasteiger partial charge in [0.05, 0.1) is 12.0 Å². The molecule has 0 radical (unpaired) electrons. The van der Waals surface area contributed by atoms with Crippen molar-refractivity contribution in [3.8, 4) is 0 Å². The average molecular weight is 401 g/mol. The number of ketones is 1. The molecule has 3 nitrogen and oxygen atoms in total.